The van der Waals surface area contributed by atoms with Crippen molar-refractivity contribution in [2.24, 2.45) is 11.3 Å². The van der Waals surface area contributed by atoms with Crippen LogP contribution in [0, 0.1) is 23.0 Å². The van der Waals surface area contributed by atoms with Gasteiger partial charge in [-0.05, 0) is 62.1 Å². The molecule has 0 saturated carbocycles. The fourth-order valence-corrected chi connectivity index (χ4v) is 4.22. The van der Waals surface area contributed by atoms with Gasteiger partial charge in [-0.3, -0.25) is 14.5 Å². The van der Waals surface area contributed by atoms with Crippen molar-refractivity contribution in [1.82, 2.24) is 10.2 Å². The first-order valence-corrected chi connectivity index (χ1v) is 12.2. The molecule has 1 saturated heterocycles. The van der Waals surface area contributed by atoms with Crippen LogP contribution in [0.15, 0.2) is 23.3 Å². The number of nitrogens with zero attached hydrogens (tertiary/aromatic N) is 1. The highest BCUT2D eigenvalue weighted by atomic mass is 19.2. The molecule has 1 heterocycles. The normalized spacial score (nSPS) is 16.7. The van der Waals surface area contributed by atoms with Crippen LogP contribution in [0.4, 0.5) is 8.78 Å². The molecule has 0 radical (unpaired) electrons. The highest BCUT2D eigenvalue weighted by Crippen LogP contribution is 2.33. The Kier molecular flexibility index (Phi) is 10.4. The minimum absolute atomic E-state index is 0.0273. The zero-order valence-corrected chi connectivity index (χ0v) is 21.5. The summed E-state index contributed by atoms with van der Waals surface area (Å²) < 4.78 is 34.6. The largest absolute Gasteiger partial charge is 0.379 e. The Morgan fingerprint density at radius 3 is 2.15 bits per heavy atom. The highest BCUT2D eigenvalue weighted by Gasteiger charge is 2.27. The molecule has 1 fully saturated rings. The number of nitrogens with one attached hydrogen (secondary N) is 1. The van der Waals surface area contributed by atoms with Crippen LogP contribution in [0.2, 0.25) is 0 Å². The van der Waals surface area contributed by atoms with Crippen LogP contribution in [-0.2, 0) is 27.2 Å². The van der Waals surface area contributed by atoms with Crippen LogP contribution in [0.25, 0.3) is 0 Å². The van der Waals surface area contributed by atoms with E-state index in [0.717, 1.165) is 31.6 Å². The van der Waals surface area contributed by atoms with Crippen molar-refractivity contribution in [3.63, 3.8) is 0 Å². The van der Waals surface area contributed by atoms with Gasteiger partial charge in [0.2, 0.25) is 0 Å². The molecule has 0 aromatic heterocycles. The van der Waals surface area contributed by atoms with Crippen molar-refractivity contribution in [2.75, 3.05) is 39.4 Å². The van der Waals surface area contributed by atoms with E-state index in [1.165, 1.54) is 6.92 Å². The van der Waals surface area contributed by atoms with Crippen LogP contribution in [-0.4, -0.2) is 56.0 Å². The molecule has 7 heteroatoms. The van der Waals surface area contributed by atoms with Crippen LogP contribution >= 0.6 is 0 Å². The van der Waals surface area contributed by atoms with Gasteiger partial charge in [0, 0.05) is 19.6 Å². The van der Waals surface area contributed by atoms with E-state index >= 15 is 0 Å². The number of carbonyl (C=O) groups excluding carboxylic acids is 2. The Labute approximate surface area is 202 Å². The topological polar surface area (TPSA) is 58.6 Å². The number of carbonyl (C=O) groups is 2. The fourth-order valence-electron chi connectivity index (χ4n) is 4.22. The summed E-state index contributed by atoms with van der Waals surface area (Å²) in [6.45, 7) is 15.5. The first kappa shape index (κ1) is 28.1. The quantitative estimate of drug-likeness (QED) is 0.306. The first-order valence-electron chi connectivity index (χ1n) is 12.2. The number of Topliss-reactive ketones (excluding diaryl/α,β-unsaturated/α-hetero) is 1. The highest BCUT2D eigenvalue weighted by molar-refractivity contribution is 6.19. The van der Waals surface area contributed by atoms with Gasteiger partial charge in [0.15, 0.2) is 17.4 Å². The lowest BCUT2D eigenvalue weighted by atomic mass is 9.76. The maximum Gasteiger partial charge on any atom is 0.254 e. The van der Waals surface area contributed by atoms with E-state index in [2.05, 4.69) is 31.0 Å². The smallest absolute Gasteiger partial charge is 0.254 e. The Bertz CT molecular complexity index is 900. The molecule has 34 heavy (non-hydrogen) atoms. The molecule has 0 spiro atoms. The van der Waals surface area contributed by atoms with Gasteiger partial charge in [-0.2, -0.15) is 0 Å². The molecule has 1 unspecified atom stereocenters. The van der Waals surface area contributed by atoms with Gasteiger partial charge in [0.25, 0.3) is 5.91 Å². The number of hydrogen-bond acceptors (Lipinski definition) is 4. The van der Waals surface area contributed by atoms with Gasteiger partial charge in [-0.25, -0.2) is 8.78 Å². The van der Waals surface area contributed by atoms with Crippen LogP contribution in [0.3, 0.4) is 0 Å². The van der Waals surface area contributed by atoms with Crippen molar-refractivity contribution < 1.29 is 23.1 Å². The molecular formula is C27H40F2N2O3. The van der Waals surface area contributed by atoms with E-state index in [1.54, 1.807) is 19.1 Å². The number of hydrogen-bond donors (Lipinski definition) is 1. The van der Waals surface area contributed by atoms with Crippen LogP contribution < -0.4 is 5.32 Å². The second-order valence-electron chi connectivity index (χ2n) is 10.3. The number of ether oxygens (including phenoxy) is 1. The minimum atomic E-state index is -0.863. The lowest BCUT2D eigenvalue weighted by molar-refractivity contribution is -0.121. The third-order valence-corrected chi connectivity index (χ3v) is 6.87. The van der Waals surface area contributed by atoms with Gasteiger partial charge in [-0.1, -0.05) is 45.4 Å². The van der Waals surface area contributed by atoms with E-state index in [-0.39, 0.29) is 41.2 Å². The molecule has 1 aliphatic rings. The predicted octanol–water partition coefficient (Wildman–Crippen LogP) is 4.48. The van der Waals surface area contributed by atoms with E-state index in [9.17, 15) is 18.4 Å². The standard InChI is InChI=1S/C27H40F2N2O3/c1-18(19(2)27(4,5)6)23(20(3)32)26(33)30-12-11-22-10-9-21(24(28)25(22)29)8-7-13-31-14-16-34-17-15-31/h9-10,19H,7-8,11-17H2,1-6H3,(H,30,33)/b23-18-. The Balaban J connectivity index is 1.96. The summed E-state index contributed by atoms with van der Waals surface area (Å²) in [7, 11) is 0. The summed E-state index contributed by atoms with van der Waals surface area (Å²) in [5.74, 6) is -2.42. The van der Waals surface area contributed by atoms with E-state index in [1.807, 2.05) is 6.92 Å². The molecule has 1 aliphatic heterocycles. The molecular weight excluding hydrogens is 438 g/mol. The molecule has 5 nitrogen and oxygen atoms in total. The molecule has 1 aromatic rings. The summed E-state index contributed by atoms with van der Waals surface area (Å²) in [6, 6.07) is 3.22. The number of morpholine rings is 1. The summed E-state index contributed by atoms with van der Waals surface area (Å²) in [5, 5.41) is 2.71. The van der Waals surface area contributed by atoms with Crippen molar-refractivity contribution in [2.45, 2.75) is 60.8 Å². The molecule has 190 valence electrons. The number of aryl methyl sites for hydroxylation is 1. The Hall–Kier alpha value is -2.12. The predicted molar refractivity (Wildman–Crippen MR) is 131 cm³/mol. The van der Waals surface area contributed by atoms with Crippen molar-refractivity contribution in [3.8, 4) is 0 Å². The molecule has 0 aliphatic carbocycles. The number of rotatable bonds is 10. The van der Waals surface area contributed by atoms with E-state index < -0.39 is 17.5 Å². The lowest BCUT2D eigenvalue weighted by Crippen LogP contribution is -2.37. The van der Waals surface area contributed by atoms with Gasteiger partial charge < -0.3 is 10.1 Å². The van der Waals surface area contributed by atoms with Gasteiger partial charge >= 0.3 is 0 Å². The van der Waals surface area contributed by atoms with Gasteiger partial charge in [0.05, 0.1) is 18.8 Å². The minimum Gasteiger partial charge on any atom is -0.379 e. The summed E-state index contributed by atoms with van der Waals surface area (Å²) in [5.41, 5.74) is 1.35. The maximum atomic E-state index is 14.6. The number of benzene rings is 1. The average Bonchev–Trinajstić information content (AvgIpc) is 2.77. The number of halogens is 2. The molecule has 0 bridgehead atoms. The van der Waals surface area contributed by atoms with Crippen LogP contribution in [0.1, 0.15) is 59.1 Å². The summed E-state index contributed by atoms with van der Waals surface area (Å²) in [4.78, 5) is 27.2. The third-order valence-electron chi connectivity index (χ3n) is 6.87. The SMILES string of the molecule is CC(=O)/C(C(=O)NCCc1ccc(CCCN2CCOCC2)c(F)c1F)=C(\C)C(C)C(C)(C)C. The summed E-state index contributed by atoms with van der Waals surface area (Å²) in [6.07, 6.45) is 1.36. The Morgan fingerprint density at radius 2 is 1.62 bits per heavy atom. The van der Waals surface area contributed by atoms with Crippen molar-refractivity contribution in [1.29, 1.82) is 0 Å². The lowest BCUT2D eigenvalue weighted by Gasteiger charge is -2.29. The van der Waals surface area contributed by atoms with Gasteiger partial charge in [-0.15, -0.1) is 0 Å². The fraction of sp³-hybridized carbons (Fsp3) is 0.630. The molecule has 1 amide bonds. The average molecular weight is 479 g/mol. The second kappa shape index (κ2) is 12.5. The van der Waals surface area contributed by atoms with Crippen molar-refractivity contribution >= 4 is 11.7 Å². The molecule has 1 aromatic carbocycles. The third kappa shape index (κ3) is 7.70. The first-order chi connectivity index (χ1) is 15.9. The monoisotopic (exact) mass is 478 g/mol. The zero-order valence-electron chi connectivity index (χ0n) is 21.5. The van der Waals surface area contributed by atoms with Crippen LogP contribution in [0.5, 0.6) is 0 Å². The van der Waals surface area contributed by atoms with Gasteiger partial charge in [0.1, 0.15) is 0 Å². The van der Waals surface area contributed by atoms with Crippen molar-refractivity contribution in [3.05, 3.63) is 46.0 Å². The molecule has 1 N–H and O–H groups in total. The number of amides is 1. The number of allylic oxidation sites excluding steroid dienone is 1. The summed E-state index contributed by atoms with van der Waals surface area (Å²) >= 11 is 0. The molecule has 1 atom stereocenters. The van der Waals surface area contributed by atoms with E-state index in [0.29, 0.717) is 25.2 Å². The molecule has 2 rings (SSSR count). The zero-order chi connectivity index (χ0) is 25.5. The number of ketones is 1. The Morgan fingerprint density at radius 1 is 1.06 bits per heavy atom. The van der Waals surface area contributed by atoms with E-state index in [4.69, 9.17) is 4.74 Å². The second-order valence-corrected chi connectivity index (χ2v) is 10.3. The maximum absolute atomic E-state index is 14.6.